The Morgan fingerprint density at radius 1 is 1.41 bits per heavy atom. The van der Waals surface area contributed by atoms with Crippen LogP contribution in [0.4, 0.5) is 10.2 Å². The van der Waals surface area contributed by atoms with Gasteiger partial charge < -0.3 is 19.5 Å². The van der Waals surface area contributed by atoms with E-state index in [2.05, 4.69) is 10.2 Å². The molecule has 0 saturated carbocycles. The molecule has 10 heteroatoms. The molecule has 1 N–H and O–H groups in total. The number of cyclic esters (lactones) is 1. The monoisotopic (exact) mass is 423 g/mol. The van der Waals surface area contributed by atoms with E-state index >= 15 is 0 Å². The second-order valence-electron chi connectivity index (χ2n) is 6.85. The van der Waals surface area contributed by atoms with Crippen LogP contribution in [0.3, 0.4) is 0 Å². The average molecular weight is 424 g/mol. The Kier molecular flexibility index (Phi) is 5.99. The van der Waals surface area contributed by atoms with E-state index in [9.17, 15) is 19.1 Å². The molecule has 1 aromatic carbocycles. The van der Waals surface area contributed by atoms with Crippen LogP contribution in [0, 0.1) is 11.2 Å². The zero-order chi connectivity index (χ0) is 21.2. The molecule has 0 spiro atoms. The Bertz CT molecular complexity index is 957. The maximum absolute atomic E-state index is 14.1. The number of hydrogen-bond acceptors (Lipinski definition) is 7. The van der Waals surface area contributed by atoms with Gasteiger partial charge in [0.25, 0.3) is 0 Å². The van der Waals surface area contributed by atoms with E-state index in [-0.39, 0.29) is 47.4 Å². The van der Waals surface area contributed by atoms with Gasteiger partial charge in [-0.25, -0.2) is 9.18 Å². The van der Waals surface area contributed by atoms with Crippen LogP contribution in [0.15, 0.2) is 24.3 Å². The lowest BCUT2D eigenvalue weighted by Crippen LogP contribution is -2.43. The van der Waals surface area contributed by atoms with Crippen molar-refractivity contribution < 1.29 is 28.6 Å². The molecule has 154 valence electrons. The fourth-order valence-corrected chi connectivity index (χ4v) is 3.54. The van der Waals surface area contributed by atoms with Crippen LogP contribution in [0.2, 0.25) is 5.02 Å². The average Bonchev–Trinajstić information content (AvgIpc) is 3.03. The van der Waals surface area contributed by atoms with Gasteiger partial charge in [0, 0.05) is 37.7 Å². The molecular weight excluding hydrogens is 405 g/mol. The molecule has 0 amide bonds. The molecule has 2 heterocycles. The number of esters is 1. The Balaban J connectivity index is 1.98. The number of hydrogen-bond donors (Lipinski definition) is 1. The van der Waals surface area contributed by atoms with E-state index in [4.69, 9.17) is 21.1 Å². The summed E-state index contributed by atoms with van der Waals surface area (Å²) >= 11 is 5.91. The Hall–Kier alpha value is -2.78. The third-order valence-corrected chi connectivity index (χ3v) is 5.01. The second-order valence-corrected chi connectivity index (χ2v) is 7.29. The van der Waals surface area contributed by atoms with Crippen LogP contribution in [0.1, 0.15) is 16.8 Å². The van der Waals surface area contributed by atoms with Crippen LogP contribution in [0.25, 0.3) is 11.3 Å². The molecule has 8 nitrogen and oxygen atoms in total. The predicted molar refractivity (Wildman–Crippen MR) is 103 cm³/mol. The zero-order valence-corrected chi connectivity index (χ0v) is 16.6. The third kappa shape index (κ3) is 4.15. The lowest BCUT2D eigenvalue weighted by atomic mass is 9.87. The highest BCUT2D eigenvalue weighted by Crippen LogP contribution is 2.34. The number of benzene rings is 1. The lowest BCUT2D eigenvalue weighted by Gasteiger charge is -2.30. The number of methoxy groups -OCH3 is 1. The summed E-state index contributed by atoms with van der Waals surface area (Å²) in [5, 5.41) is 17.9. The number of carboxylic acids is 1. The molecular formula is C19H19ClFN3O5. The molecule has 1 aromatic heterocycles. The number of rotatable bonds is 7. The van der Waals surface area contributed by atoms with Crippen molar-refractivity contribution in [1.29, 1.82) is 0 Å². The number of aromatic carboxylic acids is 1. The first-order chi connectivity index (χ1) is 13.8. The van der Waals surface area contributed by atoms with Crippen molar-refractivity contribution in [3.8, 4) is 11.3 Å². The van der Waals surface area contributed by atoms with Gasteiger partial charge in [0.15, 0.2) is 5.82 Å². The number of nitrogens with zero attached hydrogens (tertiary/aromatic N) is 3. The molecule has 29 heavy (non-hydrogen) atoms. The highest BCUT2D eigenvalue weighted by molar-refractivity contribution is 6.30. The summed E-state index contributed by atoms with van der Waals surface area (Å²) in [6.07, 6.45) is 0.436. The largest absolute Gasteiger partial charge is 0.478 e. The first kappa shape index (κ1) is 20.9. The van der Waals surface area contributed by atoms with Gasteiger partial charge in [-0.15, -0.1) is 10.2 Å². The lowest BCUT2D eigenvalue weighted by molar-refractivity contribution is -0.148. The molecule has 2 aromatic rings. The molecule has 1 aliphatic heterocycles. The molecule has 3 rings (SSSR count). The number of anilines is 1. The topological polar surface area (TPSA) is 102 Å². The van der Waals surface area contributed by atoms with Crippen molar-refractivity contribution in [1.82, 2.24) is 10.2 Å². The van der Waals surface area contributed by atoms with Gasteiger partial charge in [0.05, 0.1) is 18.9 Å². The highest BCUT2D eigenvalue weighted by atomic mass is 35.5. The smallest absolute Gasteiger partial charge is 0.339 e. The summed E-state index contributed by atoms with van der Waals surface area (Å²) in [7, 11) is 3.07. The Morgan fingerprint density at radius 2 is 2.17 bits per heavy atom. The number of carbonyl (C=O) groups is 2. The van der Waals surface area contributed by atoms with Crippen molar-refractivity contribution in [2.45, 2.75) is 6.42 Å². The summed E-state index contributed by atoms with van der Waals surface area (Å²) in [6.45, 7) is 0.512. The summed E-state index contributed by atoms with van der Waals surface area (Å²) in [4.78, 5) is 25.6. The molecule has 1 unspecified atom stereocenters. The quantitative estimate of drug-likeness (QED) is 0.678. The second kappa shape index (κ2) is 8.30. The van der Waals surface area contributed by atoms with E-state index in [1.165, 1.54) is 36.3 Å². The minimum atomic E-state index is -1.26. The standard InChI is InChI=1S/C19H19ClFN3O5/c1-24(9-19(10-28-2)5-6-29-18(19)27)16-13(17(25)26)8-15(22-23-16)12-7-11(20)3-4-14(12)21/h3-4,7-8H,5-6,9-10H2,1-2H3,(H,25,26). The van der Waals surface area contributed by atoms with E-state index in [0.29, 0.717) is 6.42 Å². The summed E-state index contributed by atoms with van der Waals surface area (Å²) in [6, 6.07) is 5.12. The summed E-state index contributed by atoms with van der Waals surface area (Å²) < 4.78 is 24.4. The first-order valence-corrected chi connectivity index (χ1v) is 9.09. The number of carbonyl (C=O) groups excluding carboxylic acids is 1. The minimum absolute atomic E-state index is 0.0337. The van der Waals surface area contributed by atoms with Crippen molar-refractivity contribution in [3.63, 3.8) is 0 Å². The van der Waals surface area contributed by atoms with Gasteiger partial charge in [0.1, 0.15) is 16.8 Å². The van der Waals surface area contributed by atoms with Crippen LogP contribution in [-0.2, 0) is 14.3 Å². The normalized spacial score (nSPS) is 18.6. The number of aromatic nitrogens is 2. The minimum Gasteiger partial charge on any atom is -0.478 e. The molecule has 1 fully saturated rings. The molecule has 0 bridgehead atoms. The van der Waals surface area contributed by atoms with Gasteiger partial charge >= 0.3 is 11.9 Å². The predicted octanol–water partition coefficient (Wildman–Crippen LogP) is 2.65. The van der Waals surface area contributed by atoms with Crippen LogP contribution in [-0.4, -0.2) is 61.2 Å². The zero-order valence-electron chi connectivity index (χ0n) is 15.8. The van der Waals surface area contributed by atoms with Gasteiger partial charge in [-0.1, -0.05) is 11.6 Å². The first-order valence-electron chi connectivity index (χ1n) is 8.71. The van der Waals surface area contributed by atoms with Gasteiger partial charge in [-0.3, -0.25) is 4.79 Å². The van der Waals surface area contributed by atoms with Crippen molar-refractivity contribution >= 4 is 29.4 Å². The van der Waals surface area contributed by atoms with E-state index in [1.807, 2.05) is 0 Å². The molecule has 0 aliphatic carbocycles. The van der Waals surface area contributed by atoms with Crippen molar-refractivity contribution in [3.05, 3.63) is 40.7 Å². The molecule has 1 aliphatic rings. The SMILES string of the molecule is COCC1(CN(C)c2nnc(-c3cc(Cl)ccc3F)cc2C(=O)O)CCOC1=O. The summed E-state index contributed by atoms with van der Waals surface area (Å²) in [5.74, 6) is -2.23. The van der Waals surface area contributed by atoms with Crippen LogP contribution >= 0.6 is 11.6 Å². The molecule has 1 atom stereocenters. The number of ether oxygens (including phenoxy) is 2. The maximum atomic E-state index is 14.1. The number of carboxylic acid groups (broad SMARTS) is 1. The fourth-order valence-electron chi connectivity index (χ4n) is 3.37. The fraction of sp³-hybridized carbons (Fsp3) is 0.368. The van der Waals surface area contributed by atoms with Gasteiger partial charge in [0.2, 0.25) is 0 Å². The van der Waals surface area contributed by atoms with Crippen LogP contribution in [0.5, 0.6) is 0 Å². The highest BCUT2D eigenvalue weighted by Gasteiger charge is 2.46. The third-order valence-electron chi connectivity index (χ3n) is 4.78. The molecule has 1 saturated heterocycles. The summed E-state index contributed by atoms with van der Waals surface area (Å²) in [5.41, 5.74) is -1.04. The number of halogens is 2. The van der Waals surface area contributed by atoms with E-state index in [0.717, 1.165) is 0 Å². The van der Waals surface area contributed by atoms with E-state index in [1.54, 1.807) is 7.05 Å². The van der Waals surface area contributed by atoms with Crippen molar-refractivity contribution in [2.24, 2.45) is 5.41 Å². The molecule has 0 radical (unpaired) electrons. The van der Waals surface area contributed by atoms with Crippen molar-refractivity contribution in [2.75, 3.05) is 38.8 Å². The Labute approximate surface area is 171 Å². The van der Waals surface area contributed by atoms with Gasteiger partial charge in [-0.2, -0.15) is 0 Å². The Morgan fingerprint density at radius 3 is 2.79 bits per heavy atom. The maximum Gasteiger partial charge on any atom is 0.339 e. The van der Waals surface area contributed by atoms with Crippen LogP contribution < -0.4 is 4.90 Å². The van der Waals surface area contributed by atoms with Gasteiger partial charge in [-0.05, 0) is 24.3 Å². The van der Waals surface area contributed by atoms with E-state index < -0.39 is 23.2 Å².